The Labute approximate surface area is 413 Å². The summed E-state index contributed by atoms with van der Waals surface area (Å²) in [6.07, 6.45) is 3.05. The second kappa shape index (κ2) is 26.2. The van der Waals surface area contributed by atoms with E-state index < -0.39 is 68.1 Å². The van der Waals surface area contributed by atoms with Gasteiger partial charge in [0.05, 0.1) is 43.1 Å². The van der Waals surface area contributed by atoms with Crippen LogP contribution in [0.5, 0.6) is 0 Å². The summed E-state index contributed by atoms with van der Waals surface area (Å²) >= 11 is 0. The lowest BCUT2D eigenvalue weighted by molar-refractivity contribution is -0.150. The van der Waals surface area contributed by atoms with Crippen molar-refractivity contribution in [2.75, 3.05) is 89.9 Å². The molecule has 24 nitrogen and oxygen atoms in total. The van der Waals surface area contributed by atoms with Crippen LogP contribution in [0.2, 0.25) is 0 Å². The molecule has 0 aliphatic carbocycles. The Hall–Kier alpha value is -5.61. The first-order chi connectivity index (χ1) is 33.7. The number of nitrogens with two attached hydrogens (primary N) is 2. The minimum atomic E-state index is -4.01. The second-order valence-corrected chi connectivity index (χ2v) is 20.9. The lowest BCUT2D eigenvalue weighted by Gasteiger charge is -2.35. The van der Waals surface area contributed by atoms with Gasteiger partial charge in [-0.3, -0.25) is 38.6 Å². The van der Waals surface area contributed by atoms with Gasteiger partial charge in [0.1, 0.15) is 30.6 Å². The number of amides is 5. The summed E-state index contributed by atoms with van der Waals surface area (Å²) < 4.78 is 57.3. The van der Waals surface area contributed by atoms with E-state index in [-0.39, 0.29) is 92.1 Å². The molecule has 3 aliphatic rings. The standard InChI is InChI=1S/C45H66N10O14S2/c1-31(18-26-69-25-6-24-56)48-43(61)36-7-3-20-54(36)45(63)38-9-5-21-55(38)44(62)37-8-4-19-53(37)41(59)29-51(27-39(57)49-32-10-14-34(15-11-32)70(46,64)65)22-23-52(30-42(60)68-2)28-40(58)50-33-12-16-35(17-13-33)71(47,66)67/h10-17,24,31,36-38,40,50,58H,3-9,18-23,25-30H2,1-2H3,(H,48,61)(H,49,57)(H2,46,64,65)(H2,47,66,67)/t31?,36-,37-,38-,40?/m0/s1. The zero-order chi connectivity index (χ0) is 51.9. The van der Waals surface area contributed by atoms with Crippen molar-refractivity contribution < 1.29 is 65.0 Å². The predicted octanol–water partition coefficient (Wildman–Crippen LogP) is -1.40. The van der Waals surface area contributed by atoms with Crippen LogP contribution < -0.4 is 26.2 Å². The van der Waals surface area contributed by atoms with Gasteiger partial charge < -0.3 is 50.0 Å². The maximum Gasteiger partial charge on any atom is 0.319 e. The monoisotopic (exact) mass is 1030 g/mol. The number of nitrogens with one attached hydrogen (secondary N) is 3. The van der Waals surface area contributed by atoms with E-state index in [1.807, 2.05) is 6.92 Å². The van der Waals surface area contributed by atoms with Crippen LogP contribution in [0.15, 0.2) is 58.3 Å². The smallest absolute Gasteiger partial charge is 0.319 e. The highest BCUT2D eigenvalue weighted by atomic mass is 32.2. The van der Waals surface area contributed by atoms with Crippen LogP contribution >= 0.6 is 0 Å². The number of esters is 1. The third-order valence-corrected chi connectivity index (χ3v) is 14.3. The Bertz CT molecular complexity index is 2410. The fourth-order valence-electron chi connectivity index (χ4n) is 8.82. The van der Waals surface area contributed by atoms with Crippen molar-refractivity contribution in [3.8, 4) is 0 Å². The van der Waals surface area contributed by atoms with Crippen LogP contribution in [0, 0.1) is 0 Å². The Morgan fingerprint density at radius 2 is 1.27 bits per heavy atom. The number of rotatable bonds is 26. The van der Waals surface area contributed by atoms with E-state index in [0.717, 1.165) is 6.29 Å². The molecule has 26 heteroatoms. The number of ether oxygens (including phenoxy) is 2. The van der Waals surface area contributed by atoms with E-state index in [1.54, 1.807) is 4.90 Å². The summed E-state index contributed by atoms with van der Waals surface area (Å²) in [6, 6.07) is 7.71. The first-order valence-electron chi connectivity index (χ1n) is 23.4. The third-order valence-electron chi connectivity index (χ3n) is 12.4. The molecule has 5 atom stereocenters. The van der Waals surface area contributed by atoms with Gasteiger partial charge in [0, 0.05) is 69.7 Å². The molecule has 0 radical (unpaired) electrons. The molecule has 71 heavy (non-hydrogen) atoms. The SMILES string of the molecule is COC(=O)CN(CCN(CC(=O)Nc1ccc(S(N)(=O)=O)cc1)CC(=O)N1CCC[C@H]1C(=O)N1CCC[C@H]1C(=O)N1CCC[C@H]1C(=O)NC(C)CCOCCC=O)CC(O)Nc1ccc(S(N)(=O)=O)cc1. The summed E-state index contributed by atoms with van der Waals surface area (Å²) in [4.78, 5) is 100. The number of benzene rings is 2. The number of aldehydes is 1. The lowest BCUT2D eigenvalue weighted by Crippen LogP contribution is -2.56. The number of sulfonamides is 2. The van der Waals surface area contributed by atoms with Gasteiger partial charge >= 0.3 is 5.97 Å². The van der Waals surface area contributed by atoms with Crippen molar-refractivity contribution in [1.29, 1.82) is 0 Å². The van der Waals surface area contributed by atoms with E-state index in [0.29, 0.717) is 70.4 Å². The number of hydrogen-bond acceptors (Lipinski definition) is 17. The highest BCUT2D eigenvalue weighted by Gasteiger charge is 2.46. The van der Waals surface area contributed by atoms with E-state index in [1.165, 1.54) is 75.2 Å². The average molecular weight is 1040 g/mol. The number of anilines is 2. The molecule has 5 rings (SSSR count). The van der Waals surface area contributed by atoms with Crippen molar-refractivity contribution in [2.45, 2.75) is 98.5 Å². The fourth-order valence-corrected chi connectivity index (χ4v) is 9.85. The molecule has 2 unspecified atom stereocenters. The highest BCUT2D eigenvalue weighted by molar-refractivity contribution is 7.89. The first kappa shape index (κ1) is 56.3. The molecule has 0 saturated carbocycles. The number of likely N-dealkylation sites (tertiary alicyclic amines) is 3. The van der Waals surface area contributed by atoms with Crippen molar-refractivity contribution in [2.24, 2.45) is 10.3 Å². The van der Waals surface area contributed by atoms with Gasteiger partial charge in [-0.2, -0.15) is 0 Å². The first-order valence-corrected chi connectivity index (χ1v) is 26.5. The summed E-state index contributed by atoms with van der Waals surface area (Å²) in [5.74, 6) is -2.76. The second-order valence-electron chi connectivity index (χ2n) is 17.8. The zero-order valence-electron chi connectivity index (χ0n) is 40.0. The van der Waals surface area contributed by atoms with E-state index in [4.69, 9.17) is 19.8 Å². The van der Waals surface area contributed by atoms with E-state index in [2.05, 4.69) is 16.0 Å². The lowest BCUT2D eigenvalue weighted by atomic mass is 10.1. The molecular weight excluding hydrogens is 969 g/mol. The fraction of sp³-hybridized carbons (Fsp3) is 0.578. The van der Waals surface area contributed by atoms with Gasteiger partial charge in [-0.05, 0) is 100 Å². The third kappa shape index (κ3) is 16.7. The average Bonchev–Trinajstić information content (AvgIpc) is 4.12. The summed E-state index contributed by atoms with van der Waals surface area (Å²) in [5.41, 5.74) is 0.569. The number of aliphatic hydroxyl groups is 1. The van der Waals surface area contributed by atoms with Gasteiger partial charge in [-0.15, -0.1) is 0 Å². The van der Waals surface area contributed by atoms with Crippen molar-refractivity contribution in [1.82, 2.24) is 29.8 Å². The number of methoxy groups -OCH3 is 1. The predicted molar refractivity (Wildman–Crippen MR) is 257 cm³/mol. The number of primary sulfonamides is 2. The van der Waals surface area contributed by atoms with Crippen LogP contribution in [0.3, 0.4) is 0 Å². The molecule has 0 aromatic heterocycles. The minimum Gasteiger partial charge on any atom is -0.468 e. The molecule has 0 spiro atoms. The summed E-state index contributed by atoms with van der Waals surface area (Å²) in [5, 5.41) is 29.9. The van der Waals surface area contributed by atoms with Crippen molar-refractivity contribution >= 4 is 73.2 Å². The van der Waals surface area contributed by atoms with Crippen LogP contribution in [-0.2, 0) is 63.1 Å². The van der Waals surface area contributed by atoms with Crippen LogP contribution in [0.4, 0.5) is 11.4 Å². The van der Waals surface area contributed by atoms with Gasteiger partial charge in [0.2, 0.25) is 49.6 Å². The molecule has 2 aromatic rings. The zero-order valence-corrected chi connectivity index (χ0v) is 41.6. The van der Waals surface area contributed by atoms with Crippen LogP contribution in [0.25, 0.3) is 0 Å². The summed E-state index contributed by atoms with van der Waals surface area (Å²) in [6.45, 7) is 2.02. The molecule has 3 fully saturated rings. The Kier molecular flexibility index (Phi) is 20.8. The Morgan fingerprint density at radius 3 is 1.83 bits per heavy atom. The molecule has 392 valence electrons. The number of carbonyl (C=O) groups is 7. The molecule has 5 amide bonds. The molecule has 3 aliphatic heterocycles. The van der Waals surface area contributed by atoms with E-state index >= 15 is 0 Å². The maximum absolute atomic E-state index is 14.4. The number of hydrogen-bond donors (Lipinski definition) is 6. The van der Waals surface area contributed by atoms with Crippen LogP contribution in [-0.4, -0.2) is 198 Å². The topological polar surface area (TPSA) is 331 Å². The number of aliphatic hydroxyl groups excluding tert-OH is 1. The molecule has 2 aromatic carbocycles. The van der Waals surface area contributed by atoms with Gasteiger partial charge in [-0.25, -0.2) is 27.1 Å². The molecule has 3 heterocycles. The molecule has 0 bridgehead atoms. The number of nitrogens with zero attached hydrogens (tertiary/aromatic N) is 5. The Morgan fingerprint density at radius 1 is 0.746 bits per heavy atom. The molecular formula is C45H66N10O14S2. The molecule has 3 saturated heterocycles. The van der Waals surface area contributed by atoms with E-state index in [9.17, 15) is 55.5 Å². The van der Waals surface area contributed by atoms with Crippen molar-refractivity contribution in [3.05, 3.63) is 48.5 Å². The maximum atomic E-state index is 14.4. The van der Waals surface area contributed by atoms with Crippen LogP contribution in [0.1, 0.15) is 58.3 Å². The van der Waals surface area contributed by atoms with Crippen molar-refractivity contribution in [3.63, 3.8) is 0 Å². The van der Waals surface area contributed by atoms with Gasteiger partial charge in [0.15, 0.2) is 0 Å². The normalized spacial score (nSPS) is 19.1. The quantitative estimate of drug-likeness (QED) is 0.0273. The minimum absolute atomic E-state index is 0.00688. The largest absolute Gasteiger partial charge is 0.468 e. The summed E-state index contributed by atoms with van der Waals surface area (Å²) in [7, 11) is -6.79. The van der Waals surface area contributed by atoms with Gasteiger partial charge in [-0.1, -0.05) is 0 Å². The Balaban J connectivity index is 1.27. The molecule has 8 N–H and O–H groups in total. The number of carbonyl (C=O) groups excluding carboxylic acids is 7. The van der Waals surface area contributed by atoms with Gasteiger partial charge in [0.25, 0.3) is 0 Å². The highest BCUT2D eigenvalue weighted by Crippen LogP contribution is 2.29.